The number of carbonyl (C=O) groups excluding carboxylic acids is 1. The number of piperazine rings is 1. The largest absolute Gasteiger partial charge is 0.367 e. The minimum atomic E-state index is 0.158. The van der Waals surface area contributed by atoms with Crippen LogP contribution in [0.25, 0.3) is 5.52 Å². The zero-order valence-corrected chi connectivity index (χ0v) is 12.2. The molecule has 0 atom stereocenters. The molecular weight excluding hydrogens is 252 g/mol. The fraction of sp³-hybridized carbons (Fsp3) is 0.467. The number of nitrogens with zero attached hydrogens (tertiary/aromatic N) is 4. The van der Waals surface area contributed by atoms with Gasteiger partial charge in [-0.1, -0.05) is 0 Å². The Morgan fingerprint density at radius 1 is 1.30 bits per heavy atom. The van der Waals surface area contributed by atoms with Gasteiger partial charge in [0.05, 0.1) is 29.2 Å². The molecule has 2 aromatic heterocycles. The van der Waals surface area contributed by atoms with E-state index in [4.69, 9.17) is 0 Å². The molecule has 0 saturated carbocycles. The summed E-state index contributed by atoms with van der Waals surface area (Å²) in [5.74, 6) is 0. The van der Waals surface area contributed by atoms with Crippen LogP contribution in [0.5, 0.6) is 0 Å². The third kappa shape index (κ3) is 2.08. The van der Waals surface area contributed by atoms with Gasteiger partial charge < -0.3 is 4.90 Å². The number of fused-ring (bicyclic) bond motifs is 1. The minimum Gasteiger partial charge on any atom is -0.367 e. The van der Waals surface area contributed by atoms with Gasteiger partial charge in [-0.2, -0.15) is 5.10 Å². The van der Waals surface area contributed by atoms with E-state index in [0.717, 1.165) is 37.1 Å². The lowest BCUT2D eigenvalue weighted by atomic mass is 9.99. The highest BCUT2D eigenvalue weighted by Crippen LogP contribution is 2.25. The van der Waals surface area contributed by atoms with Crippen molar-refractivity contribution >= 4 is 17.5 Å². The van der Waals surface area contributed by atoms with E-state index in [1.54, 1.807) is 10.7 Å². The zero-order valence-electron chi connectivity index (χ0n) is 12.2. The molecule has 2 aromatic rings. The quantitative estimate of drug-likeness (QED) is 0.780. The Morgan fingerprint density at radius 3 is 2.80 bits per heavy atom. The predicted octanol–water partition coefficient (Wildman–Crippen LogP) is 1.68. The van der Waals surface area contributed by atoms with Gasteiger partial charge in [0, 0.05) is 25.2 Å². The Hall–Kier alpha value is -1.88. The van der Waals surface area contributed by atoms with Crippen molar-refractivity contribution in [3.63, 3.8) is 0 Å². The van der Waals surface area contributed by atoms with Crippen LogP contribution < -0.4 is 4.90 Å². The van der Waals surface area contributed by atoms with Crippen molar-refractivity contribution in [1.29, 1.82) is 0 Å². The maximum atomic E-state index is 10.9. The molecule has 3 rings (SSSR count). The van der Waals surface area contributed by atoms with Crippen molar-refractivity contribution in [2.75, 3.05) is 31.6 Å². The van der Waals surface area contributed by atoms with Gasteiger partial charge in [-0.3, -0.25) is 9.69 Å². The predicted molar refractivity (Wildman–Crippen MR) is 79.5 cm³/mol. The maximum absolute atomic E-state index is 10.9. The average Bonchev–Trinajstić information content (AvgIpc) is 2.83. The van der Waals surface area contributed by atoms with E-state index in [1.807, 2.05) is 12.3 Å². The number of likely N-dealkylation sites (N-methyl/N-ethyl adjacent to an activating group) is 1. The van der Waals surface area contributed by atoms with Crippen molar-refractivity contribution in [2.45, 2.75) is 19.4 Å². The van der Waals surface area contributed by atoms with Crippen LogP contribution in [0.3, 0.4) is 0 Å². The number of rotatable bonds is 2. The highest BCUT2D eigenvalue weighted by atomic mass is 16.1. The van der Waals surface area contributed by atoms with Crippen LogP contribution in [-0.2, 0) is 0 Å². The molecule has 1 aliphatic heterocycles. The van der Waals surface area contributed by atoms with Crippen LogP contribution in [0.4, 0.5) is 5.69 Å². The van der Waals surface area contributed by atoms with Gasteiger partial charge in [-0.05, 0) is 33.0 Å². The number of pyridine rings is 1. The van der Waals surface area contributed by atoms with Crippen LogP contribution in [0.1, 0.15) is 24.2 Å². The van der Waals surface area contributed by atoms with Crippen molar-refractivity contribution in [2.24, 2.45) is 0 Å². The SMILES string of the molecule is CN1CCN(c2ccc3c(C=O)cnn3c2)CC1(C)C. The lowest BCUT2D eigenvalue weighted by Crippen LogP contribution is -2.57. The van der Waals surface area contributed by atoms with E-state index in [1.165, 1.54) is 0 Å². The fourth-order valence-electron chi connectivity index (χ4n) is 2.73. The van der Waals surface area contributed by atoms with Gasteiger partial charge >= 0.3 is 0 Å². The van der Waals surface area contributed by atoms with E-state index in [2.05, 4.69) is 41.9 Å². The number of hydrogen-bond acceptors (Lipinski definition) is 4. The van der Waals surface area contributed by atoms with Gasteiger partial charge in [0.2, 0.25) is 0 Å². The molecule has 106 valence electrons. The molecule has 20 heavy (non-hydrogen) atoms. The molecule has 0 N–H and O–H groups in total. The summed E-state index contributed by atoms with van der Waals surface area (Å²) in [7, 11) is 2.17. The maximum Gasteiger partial charge on any atom is 0.153 e. The smallest absolute Gasteiger partial charge is 0.153 e. The molecule has 3 heterocycles. The van der Waals surface area contributed by atoms with Crippen molar-refractivity contribution in [1.82, 2.24) is 14.5 Å². The van der Waals surface area contributed by atoms with Gasteiger partial charge in [-0.15, -0.1) is 0 Å². The van der Waals surface area contributed by atoms with Gasteiger partial charge in [-0.25, -0.2) is 4.52 Å². The lowest BCUT2D eigenvalue weighted by molar-refractivity contribution is 0.112. The Bertz CT molecular complexity index is 646. The van der Waals surface area contributed by atoms with Crippen molar-refractivity contribution in [3.05, 3.63) is 30.1 Å². The Kier molecular flexibility index (Phi) is 3.01. The molecule has 0 bridgehead atoms. The number of carbonyl (C=O) groups is 1. The summed E-state index contributed by atoms with van der Waals surface area (Å²) in [4.78, 5) is 15.7. The van der Waals surface area contributed by atoms with E-state index >= 15 is 0 Å². The van der Waals surface area contributed by atoms with Gasteiger partial charge in [0.25, 0.3) is 0 Å². The number of aldehydes is 1. The first-order chi connectivity index (χ1) is 9.51. The second-order valence-electron chi connectivity index (χ2n) is 6.09. The summed E-state index contributed by atoms with van der Waals surface area (Å²) in [6.07, 6.45) is 4.46. The van der Waals surface area contributed by atoms with Crippen molar-refractivity contribution < 1.29 is 4.79 Å². The monoisotopic (exact) mass is 272 g/mol. The second-order valence-corrected chi connectivity index (χ2v) is 6.09. The Morgan fingerprint density at radius 2 is 2.10 bits per heavy atom. The molecule has 5 heteroatoms. The van der Waals surface area contributed by atoms with Crippen molar-refractivity contribution in [3.8, 4) is 0 Å². The molecule has 1 saturated heterocycles. The standard InChI is InChI=1S/C15H20N4O/c1-15(2)11-18(7-6-17(15)3)13-4-5-14-12(10-20)8-16-19(14)9-13/h4-5,8-10H,6-7,11H2,1-3H3. The third-order valence-electron chi connectivity index (χ3n) is 4.34. The molecule has 1 aliphatic rings. The topological polar surface area (TPSA) is 40.8 Å². The summed E-state index contributed by atoms with van der Waals surface area (Å²) >= 11 is 0. The van der Waals surface area contributed by atoms with Crippen LogP contribution in [-0.4, -0.2) is 53.0 Å². The Balaban J connectivity index is 1.93. The molecule has 1 fully saturated rings. The Labute approximate surface area is 118 Å². The second kappa shape index (κ2) is 4.59. The summed E-state index contributed by atoms with van der Waals surface area (Å²) in [5.41, 5.74) is 2.80. The van der Waals surface area contributed by atoms with E-state index in [-0.39, 0.29) is 5.54 Å². The van der Waals surface area contributed by atoms with E-state index in [9.17, 15) is 4.79 Å². The van der Waals surface area contributed by atoms with Crippen LogP contribution in [0.15, 0.2) is 24.5 Å². The summed E-state index contributed by atoms with van der Waals surface area (Å²) in [6.45, 7) is 7.56. The molecule has 0 amide bonds. The lowest BCUT2D eigenvalue weighted by Gasteiger charge is -2.46. The summed E-state index contributed by atoms with van der Waals surface area (Å²) in [6, 6.07) is 4.04. The molecule has 0 aromatic carbocycles. The molecule has 0 radical (unpaired) electrons. The molecule has 0 aliphatic carbocycles. The van der Waals surface area contributed by atoms with Gasteiger partial charge in [0.15, 0.2) is 6.29 Å². The minimum absolute atomic E-state index is 0.158. The first-order valence-corrected chi connectivity index (χ1v) is 6.90. The fourth-order valence-corrected chi connectivity index (χ4v) is 2.73. The van der Waals surface area contributed by atoms with Gasteiger partial charge in [0.1, 0.15) is 0 Å². The zero-order chi connectivity index (χ0) is 14.3. The van der Waals surface area contributed by atoms with E-state index < -0.39 is 0 Å². The molecule has 0 spiro atoms. The number of aromatic nitrogens is 2. The highest BCUT2D eigenvalue weighted by Gasteiger charge is 2.31. The molecular formula is C15H20N4O. The average molecular weight is 272 g/mol. The first kappa shape index (κ1) is 13.1. The molecule has 0 unspecified atom stereocenters. The van der Waals surface area contributed by atoms with E-state index in [0.29, 0.717) is 5.56 Å². The summed E-state index contributed by atoms with van der Waals surface area (Å²) in [5, 5.41) is 4.24. The summed E-state index contributed by atoms with van der Waals surface area (Å²) < 4.78 is 1.78. The third-order valence-corrected chi connectivity index (χ3v) is 4.34. The number of anilines is 1. The normalized spacial score (nSPS) is 19.4. The molecule has 5 nitrogen and oxygen atoms in total. The van der Waals surface area contributed by atoms with Crippen LogP contribution >= 0.6 is 0 Å². The first-order valence-electron chi connectivity index (χ1n) is 6.90. The van der Waals surface area contributed by atoms with Crippen LogP contribution in [0.2, 0.25) is 0 Å². The number of hydrogen-bond donors (Lipinski definition) is 0. The highest BCUT2D eigenvalue weighted by molar-refractivity contribution is 5.85. The van der Waals surface area contributed by atoms with Crippen LogP contribution in [0, 0.1) is 0 Å².